The number of hydrogen-bond donors (Lipinski definition) is 1. The average Bonchev–Trinajstić information content (AvgIpc) is 2.48. The van der Waals surface area contributed by atoms with Gasteiger partial charge in [0.05, 0.1) is 24.5 Å². The van der Waals surface area contributed by atoms with E-state index in [0.717, 1.165) is 6.42 Å². The predicted molar refractivity (Wildman–Crippen MR) is 79.6 cm³/mol. The summed E-state index contributed by atoms with van der Waals surface area (Å²) in [5.41, 5.74) is 6.70. The van der Waals surface area contributed by atoms with Gasteiger partial charge in [-0.05, 0) is 31.5 Å². The van der Waals surface area contributed by atoms with Gasteiger partial charge < -0.3 is 24.7 Å². The Bertz CT molecular complexity index is 436. The highest BCUT2D eigenvalue weighted by molar-refractivity contribution is 5.90. The Labute approximate surface area is 125 Å². The van der Waals surface area contributed by atoms with E-state index < -0.39 is 5.97 Å². The van der Waals surface area contributed by atoms with E-state index in [-0.39, 0.29) is 0 Å². The molecule has 0 atom stereocenters. The number of anilines is 1. The number of ether oxygens (including phenoxy) is 4. The molecule has 0 aliphatic rings. The van der Waals surface area contributed by atoms with Gasteiger partial charge in [-0.3, -0.25) is 0 Å². The first-order chi connectivity index (χ1) is 10.2. The molecule has 0 fully saturated rings. The van der Waals surface area contributed by atoms with Crippen LogP contribution in [0.15, 0.2) is 18.2 Å². The van der Waals surface area contributed by atoms with Crippen LogP contribution in [0.5, 0.6) is 5.75 Å². The number of methoxy groups -OCH3 is 1. The van der Waals surface area contributed by atoms with Gasteiger partial charge in [0, 0.05) is 20.3 Å². The third-order valence-corrected chi connectivity index (χ3v) is 2.65. The summed E-state index contributed by atoms with van der Waals surface area (Å²) in [6.45, 7) is 4.20. The van der Waals surface area contributed by atoms with E-state index in [4.69, 9.17) is 24.7 Å². The average molecular weight is 297 g/mol. The fraction of sp³-hybridized carbons (Fsp3) is 0.533. The van der Waals surface area contributed by atoms with Gasteiger partial charge in [0.25, 0.3) is 0 Å². The van der Waals surface area contributed by atoms with Gasteiger partial charge in [-0.1, -0.05) is 0 Å². The fourth-order valence-electron chi connectivity index (χ4n) is 1.62. The number of rotatable bonds is 10. The van der Waals surface area contributed by atoms with Gasteiger partial charge in [0.2, 0.25) is 0 Å². The monoisotopic (exact) mass is 297 g/mol. The summed E-state index contributed by atoms with van der Waals surface area (Å²) in [5, 5.41) is 0. The van der Waals surface area contributed by atoms with Gasteiger partial charge in [0.1, 0.15) is 12.4 Å². The van der Waals surface area contributed by atoms with Crippen molar-refractivity contribution in [2.45, 2.75) is 13.3 Å². The second kappa shape index (κ2) is 10.0. The molecule has 0 heterocycles. The molecule has 0 saturated heterocycles. The SMILES string of the molecule is CCOC(=O)c1ccc(N)c(OCCOCCCOC)c1. The predicted octanol–water partition coefficient (Wildman–Crippen LogP) is 1.88. The number of nitrogens with two attached hydrogens (primary N) is 1. The molecule has 0 saturated carbocycles. The molecule has 21 heavy (non-hydrogen) atoms. The molecule has 0 amide bonds. The number of nitrogen functional groups attached to an aromatic ring is 1. The maximum Gasteiger partial charge on any atom is 0.338 e. The van der Waals surface area contributed by atoms with Crippen LogP contribution in [0.4, 0.5) is 5.69 Å². The summed E-state index contributed by atoms with van der Waals surface area (Å²) in [4.78, 5) is 11.6. The molecule has 0 aromatic heterocycles. The van der Waals surface area contributed by atoms with E-state index in [0.29, 0.717) is 50.0 Å². The molecule has 0 aliphatic carbocycles. The van der Waals surface area contributed by atoms with Gasteiger partial charge >= 0.3 is 5.97 Å². The third kappa shape index (κ3) is 6.46. The van der Waals surface area contributed by atoms with Crippen molar-refractivity contribution in [2.24, 2.45) is 0 Å². The quantitative estimate of drug-likeness (QED) is 0.403. The van der Waals surface area contributed by atoms with Crippen LogP contribution in [0.2, 0.25) is 0 Å². The molecule has 2 N–H and O–H groups in total. The topological polar surface area (TPSA) is 80.0 Å². The number of carbonyl (C=O) groups excluding carboxylic acids is 1. The molecule has 0 aliphatic heterocycles. The summed E-state index contributed by atoms with van der Waals surface area (Å²) in [7, 11) is 1.66. The molecule has 0 unspecified atom stereocenters. The first-order valence-corrected chi connectivity index (χ1v) is 6.95. The fourth-order valence-corrected chi connectivity index (χ4v) is 1.62. The number of carbonyl (C=O) groups is 1. The van der Waals surface area contributed by atoms with Crippen molar-refractivity contribution in [1.29, 1.82) is 0 Å². The molecule has 0 spiro atoms. The standard InChI is InChI=1S/C15H23NO5/c1-3-20-15(17)12-5-6-13(16)14(11-12)21-10-9-19-8-4-7-18-2/h5-6,11H,3-4,7-10,16H2,1-2H3. The van der Waals surface area contributed by atoms with Crippen LogP contribution in [-0.2, 0) is 14.2 Å². The van der Waals surface area contributed by atoms with Crippen molar-refractivity contribution in [3.63, 3.8) is 0 Å². The lowest BCUT2D eigenvalue weighted by molar-refractivity contribution is 0.0525. The second-order valence-electron chi connectivity index (χ2n) is 4.28. The van der Waals surface area contributed by atoms with Gasteiger partial charge in [0.15, 0.2) is 0 Å². The molecular weight excluding hydrogens is 274 g/mol. The van der Waals surface area contributed by atoms with Crippen molar-refractivity contribution < 1.29 is 23.7 Å². The third-order valence-electron chi connectivity index (χ3n) is 2.65. The van der Waals surface area contributed by atoms with E-state index in [1.807, 2.05) is 0 Å². The Balaban J connectivity index is 2.40. The van der Waals surface area contributed by atoms with Crippen LogP contribution in [-0.4, -0.2) is 46.1 Å². The molecule has 1 aromatic rings. The van der Waals surface area contributed by atoms with Crippen molar-refractivity contribution in [2.75, 3.05) is 45.9 Å². The van der Waals surface area contributed by atoms with Crippen LogP contribution in [0.1, 0.15) is 23.7 Å². The molecule has 0 radical (unpaired) electrons. The van der Waals surface area contributed by atoms with Crippen molar-refractivity contribution in [1.82, 2.24) is 0 Å². The van der Waals surface area contributed by atoms with Crippen LogP contribution >= 0.6 is 0 Å². The maximum atomic E-state index is 11.6. The lowest BCUT2D eigenvalue weighted by Gasteiger charge is -2.11. The number of hydrogen-bond acceptors (Lipinski definition) is 6. The summed E-state index contributed by atoms with van der Waals surface area (Å²) < 4.78 is 20.7. The second-order valence-corrected chi connectivity index (χ2v) is 4.28. The van der Waals surface area contributed by atoms with Crippen molar-refractivity contribution >= 4 is 11.7 Å². The Morgan fingerprint density at radius 3 is 2.71 bits per heavy atom. The molecule has 118 valence electrons. The van der Waals surface area contributed by atoms with E-state index >= 15 is 0 Å². The van der Waals surface area contributed by atoms with Crippen molar-refractivity contribution in [3.05, 3.63) is 23.8 Å². The summed E-state index contributed by atoms with van der Waals surface area (Å²) in [6.07, 6.45) is 0.844. The minimum absolute atomic E-state index is 0.328. The first kappa shape index (κ1) is 17.3. The van der Waals surface area contributed by atoms with Gasteiger partial charge in [-0.15, -0.1) is 0 Å². The van der Waals surface area contributed by atoms with E-state index in [9.17, 15) is 4.79 Å². The van der Waals surface area contributed by atoms with Gasteiger partial charge in [-0.2, -0.15) is 0 Å². The van der Waals surface area contributed by atoms with Crippen molar-refractivity contribution in [3.8, 4) is 5.75 Å². The molecule has 6 heteroatoms. The normalized spacial score (nSPS) is 10.4. The summed E-state index contributed by atoms with van der Waals surface area (Å²) >= 11 is 0. The highest BCUT2D eigenvalue weighted by atomic mass is 16.5. The van der Waals surface area contributed by atoms with Crippen LogP contribution in [0, 0.1) is 0 Å². The molecular formula is C15H23NO5. The molecule has 1 aromatic carbocycles. The summed E-state index contributed by atoms with van der Waals surface area (Å²) in [6, 6.07) is 4.82. The van der Waals surface area contributed by atoms with Crippen LogP contribution in [0.25, 0.3) is 0 Å². The van der Waals surface area contributed by atoms with E-state index in [1.165, 1.54) is 0 Å². The number of benzene rings is 1. The minimum atomic E-state index is -0.391. The van der Waals surface area contributed by atoms with Gasteiger partial charge in [-0.25, -0.2) is 4.79 Å². The summed E-state index contributed by atoms with van der Waals surface area (Å²) in [5.74, 6) is 0.0687. The lowest BCUT2D eigenvalue weighted by Crippen LogP contribution is -2.10. The molecule has 6 nitrogen and oxygen atoms in total. The highest BCUT2D eigenvalue weighted by Gasteiger charge is 2.10. The highest BCUT2D eigenvalue weighted by Crippen LogP contribution is 2.23. The minimum Gasteiger partial charge on any atom is -0.489 e. The zero-order valence-corrected chi connectivity index (χ0v) is 12.6. The van der Waals surface area contributed by atoms with E-state index in [1.54, 1.807) is 32.2 Å². The first-order valence-electron chi connectivity index (χ1n) is 6.95. The van der Waals surface area contributed by atoms with Crippen LogP contribution in [0.3, 0.4) is 0 Å². The largest absolute Gasteiger partial charge is 0.489 e. The Hall–Kier alpha value is -1.79. The maximum absolute atomic E-state index is 11.6. The molecule has 0 bridgehead atoms. The van der Waals surface area contributed by atoms with Crippen LogP contribution < -0.4 is 10.5 Å². The smallest absolute Gasteiger partial charge is 0.338 e. The Morgan fingerprint density at radius 2 is 2.00 bits per heavy atom. The Morgan fingerprint density at radius 1 is 1.19 bits per heavy atom. The number of esters is 1. The zero-order valence-electron chi connectivity index (χ0n) is 12.6. The Kier molecular flexibility index (Phi) is 8.23. The lowest BCUT2D eigenvalue weighted by atomic mass is 10.2. The zero-order chi connectivity index (χ0) is 15.5. The van der Waals surface area contributed by atoms with E-state index in [2.05, 4.69) is 0 Å². The molecule has 1 rings (SSSR count).